The Balaban J connectivity index is 2.19. The van der Waals surface area contributed by atoms with Crippen LogP contribution in [0.3, 0.4) is 0 Å². The molecule has 1 aliphatic rings. The third-order valence-electron chi connectivity index (χ3n) is 3.05. The van der Waals surface area contributed by atoms with Crippen molar-refractivity contribution in [2.75, 3.05) is 11.3 Å². The summed E-state index contributed by atoms with van der Waals surface area (Å²) in [5.74, 6) is 0. The minimum absolute atomic E-state index is 0.0479. The van der Waals surface area contributed by atoms with Crippen molar-refractivity contribution in [2.45, 2.75) is 32.2 Å². The van der Waals surface area contributed by atoms with Crippen LogP contribution in [0.1, 0.15) is 26.2 Å². The van der Waals surface area contributed by atoms with Gasteiger partial charge in [0, 0.05) is 18.8 Å². The Hall–Kier alpha value is -0.660. The first-order valence-electron chi connectivity index (χ1n) is 5.91. The highest BCUT2D eigenvalue weighted by molar-refractivity contribution is 9.10. The molecule has 1 atom stereocenters. The lowest BCUT2D eigenvalue weighted by atomic mass is 10.1. The maximum atomic E-state index is 12.3. The maximum absolute atomic E-state index is 12.3. The number of nitrogens with zero attached hydrogens (tertiary/aromatic N) is 2. The van der Waals surface area contributed by atoms with Crippen LogP contribution >= 0.6 is 15.9 Å². The summed E-state index contributed by atoms with van der Waals surface area (Å²) in [6.07, 6.45) is 4.52. The Labute approximate surface area is 116 Å². The van der Waals surface area contributed by atoms with Gasteiger partial charge in [-0.1, -0.05) is 6.42 Å². The summed E-state index contributed by atoms with van der Waals surface area (Å²) < 4.78 is 29.2. The zero-order chi connectivity index (χ0) is 13.2. The number of aromatic nitrogens is 1. The summed E-state index contributed by atoms with van der Waals surface area (Å²) >= 11 is 3.23. The predicted octanol–water partition coefficient (Wildman–Crippen LogP) is 2.38. The third kappa shape index (κ3) is 3.02. The molecule has 0 bridgehead atoms. The van der Waals surface area contributed by atoms with E-state index < -0.39 is 10.2 Å². The first-order chi connectivity index (χ1) is 8.50. The molecule has 7 heteroatoms. The predicted molar refractivity (Wildman–Crippen MR) is 74.5 cm³/mol. The van der Waals surface area contributed by atoms with Gasteiger partial charge in [0.2, 0.25) is 0 Å². The van der Waals surface area contributed by atoms with Crippen molar-refractivity contribution in [1.29, 1.82) is 0 Å². The van der Waals surface area contributed by atoms with Crippen LogP contribution in [0.2, 0.25) is 0 Å². The van der Waals surface area contributed by atoms with E-state index in [1.165, 1.54) is 4.31 Å². The van der Waals surface area contributed by atoms with E-state index in [0.29, 0.717) is 16.8 Å². The van der Waals surface area contributed by atoms with Crippen LogP contribution in [0.15, 0.2) is 22.9 Å². The molecule has 2 rings (SSSR count). The van der Waals surface area contributed by atoms with Crippen molar-refractivity contribution in [1.82, 2.24) is 9.29 Å². The number of hydrogen-bond acceptors (Lipinski definition) is 3. The van der Waals surface area contributed by atoms with E-state index in [-0.39, 0.29) is 6.04 Å². The molecule has 0 spiro atoms. The van der Waals surface area contributed by atoms with Crippen molar-refractivity contribution in [2.24, 2.45) is 0 Å². The minimum atomic E-state index is -3.49. The van der Waals surface area contributed by atoms with Crippen LogP contribution in [-0.2, 0) is 10.2 Å². The quantitative estimate of drug-likeness (QED) is 0.864. The molecule has 1 saturated heterocycles. The highest BCUT2D eigenvalue weighted by Gasteiger charge is 2.29. The second-order valence-electron chi connectivity index (χ2n) is 4.40. The van der Waals surface area contributed by atoms with Gasteiger partial charge in [0.25, 0.3) is 0 Å². The molecule has 2 heterocycles. The Kier molecular flexibility index (Phi) is 4.24. The fourth-order valence-corrected chi connectivity index (χ4v) is 4.08. The molecule has 18 heavy (non-hydrogen) atoms. The van der Waals surface area contributed by atoms with E-state index in [2.05, 4.69) is 25.6 Å². The van der Waals surface area contributed by atoms with Crippen molar-refractivity contribution < 1.29 is 8.42 Å². The highest BCUT2D eigenvalue weighted by atomic mass is 79.9. The van der Waals surface area contributed by atoms with Gasteiger partial charge in [-0.15, -0.1) is 0 Å². The Morgan fingerprint density at radius 2 is 2.28 bits per heavy atom. The van der Waals surface area contributed by atoms with Gasteiger partial charge in [-0.25, -0.2) is 4.98 Å². The smallest absolute Gasteiger partial charge is 0.268 e. The van der Waals surface area contributed by atoms with Gasteiger partial charge in [-0.2, -0.15) is 12.7 Å². The van der Waals surface area contributed by atoms with Crippen LogP contribution in [0, 0.1) is 0 Å². The molecule has 1 aromatic heterocycles. The molecule has 0 radical (unpaired) electrons. The molecule has 1 aliphatic heterocycles. The standard InChI is InChI=1S/C11H16BrN3O2S/c1-9-5-2-3-8-15(9)18(16,17)14-10-6-4-7-13-11(10)12/h4,6-7,9,14H,2-3,5,8H2,1H3. The van der Waals surface area contributed by atoms with Gasteiger partial charge in [-0.3, -0.25) is 4.72 Å². The molecule has 0 aromatic carbocycles. The van der Waals surface area contributed by atoms with Gasteiger partial charge >= 0.3 is 10.2 Å². The Morgan fingerprint density at radius 3 is 2.94 bits per heavy atom. The van der Waals surface area contributed by atoms with Crippen LogP contribution in [0.25, 0.3) is 0 Å². The highest BCUT2D eigenvalue weighted by Crippen LogP contribution is 2.24. The fourth-order valence-electron chi connectivity index (χ4n) is 2.09. The average molecular weight is 334 g/mol. The number of hydrogen-bond donors (Lipinski definition) is 1. The fraction of sp³-hybridized carbons (Fsp3) is 0.545. The van der Waals surface area contributed by atoms with Crippen molar-refractivity contribution >= 4 is 31.8 Å². The number of nitrogens with one attached hydrogen (secondary N) is 1. The molecule has 1 fully saturated rings. The molecule has 0 amide bonds. The molecular weight excluding hydrogens is 318 g/mol. The lowest BCUT2D eigenvalue weighted by Gasteiger charge is -2.32. The van der Waals surface area contributed by atoms with E-state index in [1.807, 2.05) is 6.92 Å². The van der Waals surface area contributed by atoms with E-state index >= 15 is 0 Å². The summed E-state index contributed by atoms with van der Waals surface area (Å²) in [5, 5.41) is 0. The maximum Gasteiger partial charge on any atom is 0.301 e. The van der Waals surface area contributed by atoms with Crippen LogP contribution < -0.4 is 4.72 Å². The molecule has 100 valence electrons. The molecule has 1 N–H and O–H groups in total. The monoisotopic (exact) mass is 333 g/mol. The lowest BCUT2D eigenvalue weighted by Crippen LogP contribution is -2.44. The lowest BCUT2D eigenvalue weighted by molar-refractivity contribution is 0.270. The Bertz CT molecular complexity index is 521. The van der Waals surface area contributed by atoms with Gasteiger partial charge in [0.1, 0.15) is 4.60 Å². The zero-order valence-electron chi connectivity index (χ0n) is 10.1. The van der Waals surface area contributed by atoms with Crippen molar-refractivity contribution in [3.63, 3.8) is 0 Å². The molecule has 1 aromatic rings. The van der Waals surface area contributed by atoms with E-state index in [9.17, 15) is 8.42 Å². The average Bonchev–Trinajstić information content (AvgIpc) is 2.32. The summed E-state index contributed by atoms with van der Waals surface area (Å²) in [5.41, 5.74) is 0.468. The first-order valence-corrected chi connectivity index (χ1v) is 8.14. The van der Waals surface area contributed by atoms with Crippen LogP contribution in [-0.4, -0.2) is 30.3 Å². The number of anilines is 1. The normalized spacial score (nSPS) is 21.8. The second kappa shape index (κ2) is 5.54. The Morgan fingerprint density at radius 1 is 1.50 bits per heavy atom. The number of rotatable bonds is 3. The summed E-state index contributed by atoms with van der Waals surface area (Å²) in [6.45, 7) is 2.52. The SMILES string of the molecule is CC1CCCCN1S(=O)(=O)Nc1cccnc1Br. The minimum Gasteiger partial charge on any atom is -0.268 e. The number of piperidine rings is 1. The molecule has 5 nitrogen and oxygen atoms in total. The molecular formula is C11H16BrN3O2S. The largest absolute Gasteiger partial charge is 0.301 e. The zero-order valence-corrected chi connectivity index (χ0v) is 12.5. The summed E-state index contributed by atoms with van der Waals surface area (Å²) in [4.78, 5) is 4.00. The van der Waals surface area contributed by atoms with Gasteiger partial charge in [-0.05, 0) is 47.8 Å². The van der Waals surface area contributed by atoms with Crippen LogP contribution in [0.4, 0.5) is 5.69 Å². The first kappa shape index (κ1) is 13.8. The number of halogens is 1. The molecule has 0 saturated carbocycles. The van der Waals surface area contributed by atoms with E-state index in [4.69, 9.17) is 0 Å². The van der Waals surface area contributed by atoms with E-state index in [1.54, 1.807) is 18.3 Å². The summed E-state index contributed by atoms with van der Waals surface area (Å²) in [7, 11) is -3.49. The van der Waals surface area contributed by atoms with Crippen molar-refractivity contribution in [3.05, 3.63) is 22.9 Å². The third-order valence-corrected chi connectivity index (χ3v) is 5.32. The second-order valence-corrected chi connectivity index (χ2v) is 6.78. The van der Waals surface area contributed by atoms with Gasteiger partial charge in [0.15, 0.2) is 0 Å². The molecule has 0 aliphatic carbocycles. The van der Waals surface area contributed by atoms with E-state index in [0.717, 1.165) is 19.3 Å². The van der Waals surface area contributed by atoms with Crippen molar-refractivity contribution in [3.8, 4) is 0 Å². The van der Waals surface area contributed by atoms with Gasteiger partial charge in [0.05, 0.1) is 5.69 Å². The van der Waals surface area contributed by atoms with Gasteiger partial charge < -0.3 is 0 Å². The molecule has 1 unspecified atom stereocenters. The topological polar surface area (TPSA) is 62.3 Å². The number of pyridine rings is 1. The van der Waals surface area contributed by atoms with Crippen LogP contribution in [0.5, 0.6) is 0 Å². The summed E-state index contributed by atoms with van der Waals surface area (Å²) in [6, 6.07) is 3.43.